The topological polar surface area (TPSA) is 41.1 Å². The first-order chi connectivity index (χ1) is 7.72. The van der Waals surface area contributed by atoms with Crippen molar-refractivity contribution in [1.82, 2.24) is 19.6 Å². The number of thioether (sulfide) groups is 1. The molecule has 0 saturated carbocycles. The van der Waals surface area contributed by atoms with E-state index in [0.717, 1.165) is 42.0 Å². The molecule has 0 aliphatic carbocycles. The summed E-state index contributed by atoms with van der Waals surface area (Å²) in [7, 11) is 4.17. The minimum atomic E-state index is 0.929. The number of aromatic nitrogens is 2. The predicted molar refractivity (Wildman–Crippen MR) is 71.4 cm³/mol. The molecule has 4 nitrogen and oxygen atoms in total. The van der Waals surface area contributed by atoms with Gasteiger partial charge in [0.05, 0.1) is 0 Å². The fraction of sp³-hybridized carbons (Fsp3) is 0.800. The Labute approximate surface area is 106 Å². The van der Waals surface area contributed by atoms with E-state index in [9.17, 15) is 0 Å². The van der Waals surface area contributed by atoms with Gasteiger partial charge < -0.3 is 10.2 Å². The molecule has 0 amide bonds. The van der Waals surface area contributed by atoms with Crippen LogP contribution >= 0.6 is 23.3 Å². The minimum Gasteiger partial charge on any atom is -0.315 e. The highest BCUT2D eigenvalue weighted by Crippen LogP contribution is 2.19. The van der Waals surface area contributed by atoms with Crippen LogP contribution in [-0.4, -0.2) is 53.7 Å². The fourth-order valence-electron chi connectivity index (χ4n) is 1.08. The van der Waals surface area contributed by atoms with Crippen molar-refractivity contribution in [2.75, 3.05) is 39.5 Å². The molecule has 92 valence electrons. The molecule has 0 bridgehead atoms. The van der Waals surface area contributed by atoms with Crippen LogP contribution < -0.4 is 5.32 Å². The molecule has 0 unspecified atom stereocenters. The number of aryl methyl sites for hydroxylation is 1. The molecule has 1 heterocycles. The maximum absolute atomic E-state index is 4.41. The summed E-state index contributed by atoms with van der Waals surface area (Å²) in [5, 5.41) is 3.40. The van der Waals surface area contributed by atoms with Crippen LogP contribution in [0.5, 0.6) is 0 Å². The Bertz CT molecular complexity index is 288. The third-order valence-corrected chi connectivity index (χ3v) is 3.88. The fourth-order valence-corrected chi connectivity index (χ4v) is 2.74. The normalized spacial score (nSPS) is 11.2. The first-order valence-corrected chi connectivity index (χ1v) is 7.29. The van der Waals surface area contributed by atoms with E-state index in [2.05, 4.69) is 40.6 Å². The van der Waals surface area contributed by atoms with Crippen LogP contribution in [0.25, 0.3) is 0 Å². The number of nitrogens with one attached hydrogen (secondary N) is 1. The Morgan fingerprint density at radius 1 is 1.38 bits per heavy atom. The van der Waals surface area contributed by atoms with Gasteiger partial charge in [-0.15, -0.1) is 0 Å². The monoisotopic (exact) mass is 260 g/mol. The van der Waals surface area contributed by atoms with Crippen LogP contribution in [-0.2, 0) is 6.42 Å². The standard InChI is InChI=1S/C10H20N4S2/c1-4-9-12-10(16-13-9)15-8-6-11-5-7-14(2)3/h11H,4-8H2,1-3H3. The zero-order valence-corrected chi connectivity index (χ0v) is 11.8. The van der Waals surface area contributed by atoms with Crippen molar-refractivity contribution in [2.45, 2.75) is 17.7 Å². The van der Waals surface area contributed by atoms with Gasteiger partial charge in [-0.25, -0.2) is 4.98 Å². The van der Waals surface area contributed by atoms with Gasteiger partial charge in [-0.05, 0) is 25.6 Å². The summed E-state index contributed by atoms with van der Waals surface area (Å²) in [6.45, 7) is 5.24. The molecule has 6 heteroatoms. The van der Waals surface area contributed by atoms with Crippen LogP contribution in [0.15, 0.2) is 4.34 Å². The third-order valence-electron chi connectivity index (χ3n) is 2.01. The Morgan fingerprint density at radius 2 is 2.19 bits per heavy atom. The molecule has 0 spiro atoms. The summed E-state index contributed by atoms with van der Waals surface area (Å²) in [4.78, 5) is 6.59. The van der Waals surface area contributed by atoms with Crippen molar-refractivity contribution < 1.29 is 0 Å². The van der Waals surface area contributed by atoms with E-state index >= 15 is 0 Å². The number of rotatable bonds is 8. The van der Waals surface area contributed by atoms with Crippen molar-refractivity contribution >= 4 is 23.3 Å². The summed E-state index contributed by atoms with van der Waals surface area (Å²) < 4.78 is 5.34. The molecule has 0 aromatic carbocycles. The van der Waals surface area contributed by atoms with Gasteiger partial charge in [-0.3, -0.25) is 0 Å². The van der Waals surface area contributed by atoms with Crippen molar-refractivity contribution in [3.63, 3.8) is 0 Å². The maximum atomic E-state index is 4.41. The number of hydrogen-bond acceptors (Lipinski definition) is 6. The lowest BCUT2D eigenvalue weighted by Crippen LogP contribution is -2.27. The smallest absolute Gasteiger partial charge is 0.170 e. The summed E-state index contributed by atoms with van der Waals surface area (Å²) in [5.74, 6) is 2.03. The second-order valence-electron chi connectivity index (χ2n) is 3.73. The molecule has 0 saturated heterocycles. The zero-order valence-electron chi connectivity index (χ0n) is 10.2. The molecule has 0 atom stereocenters. The van der Waals surface area contributed by atoms with Crippen molar-refractivity contribution in [1.29, 1.82) is 0 Å². The first kappa shape index (κ1) is 13.9. The average Bonchev–Trinajstić information content (AvgIpc) is 2.70. The quantitative estimate of drug-likeness (QED) is 0.564. The maximum Gasteiger partial charge on any atom is 0.170 e. The summed E-state index contributed by atoms with van der Waals surface area (Å²) in [6.07, 6.45) is 0.929. The summed E-state index contributed by atoms with van der Waals surface area (Å²) >= 11 is 3.29. The molecule has 0 aliphatic rings. The zero-order chi connectivity index (χ0) is 11.8. The Morgan fingerprint density at radius 3 is 2.81 bits per heavy atom. The van der Waals surface area contributed by atoms with E-state index in [4.69, 9.17) is 0 Å². The third kappa shape index (κ3) is 5.79. The van der Waals surface area contributed by atoms with Gasteiger partial charge >= 0.3 is 0 Å². The van der Waals surface area contributed by atoms with E-state index in [-0.39, 0.29) is 0 Å². The van der Waals surface area contributed by atoms with Crippen LogP contribution in [0.3, 0.4) is 0 Å². The van der Waals surface area contributed by atoms with Gasteiger partial charge in [0.25, 0.3) is 0 Å². The number of nitrogens with zero attached hydrogens (tertiary/aromatic N) is 3. The molecular formula is C10H20N4S2. The second kappa shape index (κ2) is 8.00. The van der Waals surface area contributed by atoms with Gasteiger partial charge in [0.15, 0.2) is 4.34 Å². The van der Waals surface area contributed by atoms with Gasteiger partial charge in [-0.1, -0.05) is 18.7 Å². The van der Waals surface area contributed by atoms with Gasteiger partial charge in [0.2, 0.25) is 0 Å². The van der Waals surface area contributed by atoms with E-state index in [1.807, 2.05) is 0 Å². The number of hydrogen-bond donors (Lipinski definition) is 1. The average molecular weight is 260 g/mol. The highest BCUT2D eigenvalue weighted by Gasteiger charge is 2.01. The van der Waals surface area contributed by atoms with E-state index < -0.39 is 0 Å². The lowest BCUT2D eigenvalue weighted by Gasteiger charge is -2.09. The molecule has 1 N–H and O–H groups in total. The molecule has 0 fully saturated rings. The molecule has 1 rings (SSSR count). The van der Waals surface area contributed by atoms with Crippen LogP contribution in [0, 0.1) is 0 Å². The summed E-state index contributed by atoms with van der Waals surface area (Å²) in [5.41, 5.74) is 0. The molecule has 16 heavy (non-hydrogen) atoms. The number of likely N-dealkylation sites (N-methyl/N-ethyl adjacent to an activating group) is 1. The van der Waals surface area contributed by atoms with Crippen molar-refractivity contribution in [3.8, 4) is 0 Å². The van der Waals surface area contributed by atoms with Gasteiger partial charge in [0.1, 0.15) is 5.82 Å². The molecule has 1 aromatic rings. The lowest BCUT2D eigenvalue weighted by atomic mass is 10.5. The second-order valence-corrected chi connectivity index (χ2v) is 5.83. The molecule has 0 aliphatic heterocycles. The largest absolute Gasteiger partial charge is 0.315 e. The van der Waals surface area contributed by atoms with Crippen LogP contribution in [0.4, 0.5) is 0 Å². The molecule has 0 radical (unpaired) electrons. The Hall–Kier alpha value is -0.170. The van der Waals surface area contributed by atoms with Crippen molar-refractivity contribution in [3.05, 3.63) is 5.82 Å². The SMILES string of the molecule is CCc1nsc(SCCNCCN(C)C)n1. The first-order valence-electron chi connectivity index (χ1n) is 5.53. The van der Waals surface area contributed by atoms with E-state index in [1.54, 1.807) is 11.8 Å². The highest BCUT2D eigenvalue weighted by atomic mass is 32.2. The summed E-state index contributed by atoms with van der Waals surface area (Å²) in [6, 6.07) is 0. The highest BCUT2D eigenvalue weighted by molar-refractivity contribution is 8.00. The van der Waals surface area contributed by atoms with E-state index in [1.165, 1.54) is 11.5 Å². The Balaban J connectivity index is 2.02. The van der Waals surface area contributed by atoms with Crippen LogP contribution in [0.2, 0.25) is 0 Å². The Kier molecular flexibility index (Phi) is 6.95. The van der Waals surface area contributed by atoms with Gasteiger partial charge in [0, 0.05) is 31.8 Å². The van der Waals surface area contributed by atoms with E-state index in [0.29, 0.717) is 0 Å². The van der Waals surface area contributed by atoms with Crippen molar-refractivity contribution in [2.24, 2.45) is 0 Å². The lowest BCUT2D eigenvalue weighted by molar-refractivity contribution is 0.403. The molecule has 1 aromatic heterocycles. The minimum absolute atomic E-state index is 0.929. The molecular weight excluding hydrogens is 240 g/mol. The van der Waals surface area contributed by atoms with Gasteiger partial charge in [-0.2, -0.15) is 4.37 Å². The predicted octanol–water partition coefficient (Wildman–Crippen LogP) is 1.34. The van der Waals surface area contributed by atoms with Crippen LogP contribution in [0.1, 0.15) is 12.7 Å².